The second-order valence-electron chi connectivity index (χ2n) is 4.43. The molecule has 0 aliphatic carbocycles. The van der Waals surface area contributed by atoms with Crippen LogP contribution in [0.4, 0.5) is 5.69 Å². The maximum Gasteiger partial charge on any atom is 0.158 e. The Hall–Kier alpha value is -2.56. The van der Waals surface area contributed by atoms with Crippen molar-refractivity contribution < 1.29 is 4.74 Å². The quantitative estimate of drug-likeness (QED) is 0.714. The van der Waals surface area contributed by atoms with Crippen LogP contribution in [0.2, 0.25) is 0 Å². The molecule has 3 aromatic rings. The SMILES string of the molecule is Cc1c(N)ccc(Oc2ccn3ncnc3c2)c1C. The van der Waals surface area contributed by atoms with Crippen molar-refractivity contribution in [3.8, 4) is 11.5 Å². The zero-order chi connectivity index (χ0) is 13.4. The Morgan fingerprint density at radius 1 is 1.16 bits per heavy atom. The van der Waals surface area contributed by atoms with Gasteiger partial charge in [-0.05, 0) is 43.2 Å². The van der Waals surface area contributed by atoms with Crippen molar-refractivity contribution in [2.75, 3.05) is 5.73 Å². The van der Waals surface area contributed by atoms with Crippen molar-refractivity contribution in [2.45, 2.75) is 13.8 Å². The van der Waals surface area contributed by atoms with E-state index in [-0.39, 0.29) is 0 Å². The van der Waals surface area contributed by atoms with E-state index in [1.807, 2.05) is 44.3 Å². The van der Waals surface area contributed by atoms with Gasteiger partial charge in [0.2, 0.25) is 0 Å². The van der Waals surface area contributed by atoms with E-state index >= 15 is 0 Å². The third-order valence-electron chi connectivity index (χ3n) is 3.26. The van der Waals surface area contributed by atoms with Gasteiger partial charge in [-0.2, -0.15) is 5.10 Å². The van der Waals surface area contributed by atoms with Crippen LogP contribution in [-0.4, -0.2) is 14.6 Å². The van der Waals surface area contributed by atoms with Gasteiger partial charge in [-0.15, -0.1) is 0 Å². The molecule has 1 aromatic carbocycles. The Balaban J connectivity index is 1.98. The van der Waals surface area contributed by atoms with Gasteiger partial charge in [0.05, 0.1) is 0 Å². The Morgan fingerprint density at radius 2 is 2.00 bits per heavy atom. The summed E-state index contributed by atoms with van der Waals surface area (Å²) in [6.45, 7) is 3.98. The lowest BCUT2D eigenvalue weighted by molar-refractivity contribution is 0.478. The number of benzene rings is 1. The summed E-state index contributed by atoms with van der Waals surface area (Å²) < 4.78 is 7.57. The van der Waals surface area contributed by atoms with Gasteiger partial charge >= 0.3 is 0 Å². The van der Waals surface area contributed by atoms with Gasteiger partial charge in [0.25, 0.3) is 0 Å². The van der Waals surface area contributed by atoms with E-state index in [1.54, 1.807) is 4.52 Å². The average molecular weight is 254 g/mol. The first-order valence-corrected chi connectivity index (χ1v) is 5.98. The maximum absolute atomic E-state index is 5.89. The molecule has 0 radical (unpaired) electrons. The predicted octanol–water partition coefficient (Wildman–Crippen LogP) is 2.72. The number of anilines is 1. The number of rotatable bonds is 2. The van der Waals surface area contributed by atoms with Gasteiger partial charge in [-0.25, -0.2) is 9.50 Å². The second-order valence-corrected chi connectivity index (χ2v) is 4.43. The summed E-state index contributed by atoms with van der Waals surface area (Å²) in [5, 5.41) is 4.04. The predicted molar refractivity (Wildman–Crippen MR) is 73.4 cm³/mol. The van der Waals surface area contributed by atoms with E-state index in [4.69, 9.17) is 10.5 Å². The lowest BCUT2D eigenvalue weighted by Gasteiger charge is -2.12. The molecule has 2 N–H and O–H groups in total. The molecule has 0 saturated heterocycles. The van der Waals surface area contributed by atoms with Crippen LogP contribution >= 0.6 is 0 Å². The first kappa shape index (κ1) is 11.5. The summed E-state index contributed by atoms with van der Waals surface area (Å²) >= 11 is 0. The van der Waals surface area contributed by atoms with Crippen molar-refractivity contribution in [3.05, 3.63) is 47.9 Å². The highest BCUT2D eigenvalue weighted by Crippen LogP contribution is 2.29. The molecule has 0 aliphatic rings. The van der Waals surface area contributed by atoms with E-state index in [0.717, 1.165) is 34.0 Å². The number of pyridine rings is 1. The van der Waals surface area contributed by atoms with Gasteiger partial charge in [0, 0.05) is 18.0 Å². The van der Waals surface area contributed by atoms with Crippen molar-refractivity contribution in [1.29, 1.82) is 0 Å². The number of nitrogens with zero attached hydrogens (tertiary/aromatic N) is 3. The van der Waals surface area contributed by atoms with Crippen molar-refractivity contribution in [3.63, 3.8) is 0 Å². The molecule has 0 amide bonds. The number of aromatic nitrogens is 3. The van der Waals surface area contributed by atoms with E-state index in [1.165, 1.54) is 6.33 Å². The zero-order valence-corrected chi connectivity index (χ0v) is 10.8. The Labute approximate surface area is 110 Å². The largest absolute Gasteiger partial charge is 0.457 e. The molecule has 0 saturated carbocycles. The van der Waals surface area contributed by atoms with Crippen LogP contribution in [-0.2, 0) is 0 Å². The first-order chi connectivity index (χ1) is 9.15. The fourth-order valence-electron chi connectivity index (χ4n) is 1.91. The molecule has 19 heavy (non-hydrogen) atoms. The van der Waals surface area contributed by atoms with E-state index in [0.29, 0.717) is 0 Å². The molecule has 2 heterocycles. The van der Waals surface area contributed by atoms with Crippen LogP contribution in [0.5, 0.6) is 11.5 Å². The lowest BCUT2D eigenvalue weighted by atomic mass is 10.1. The third kappa shape index (κ3) is 1.99. The molecule has 3 rings (SSSR count). The van der Waals surface area contributed by atoms with Crippen LogP contribution < -0.4 is 10.5 Å². The molecule has 0 spiro atoms. The minimum atomic E-state index is 0.729. The van der Waals surface area contributed by atoms with Crippen LogP contribution in [0.3, 0.4) is 0 Å². The number of nitrogen functional groups attached to an aromatic ring is 1. The smallest absolute Gasteiger partial charge is 0.158 e. The van der Waals surface area contributed by atoms with Gasteiger partial charge in [-0.3, -0.25) is 0 Å². The standard InChI is InChI=1S/C14H14N4O/c1-9-10(2)13(4-3-12(9)15)19-11-5-6-18-14(7-11)16-8-17-18/h3-8H,15H2,1-2H3. The fraction of sp³-hybridized carbons (Fsp3) is 0.143. The van der Waals surface area contributed by atoms with Crippen LogP contribution in [0, 0.1) is 13.8 Å². The molecule has 0 aliphatic heterocycles. The fourth-order valence-corrected chi connectivity index (χ4v) is 1.91. The van der Waals surface area contributed by atoms with E-state index in [9.17, 15) is 0 Å². The number of fused-ring (bicyclic) bond motifs is 1. The number of ether oxygens (including phenoxy) is 1. The highest BCUT2D eigenvalue weighted by Gasteiger charge is 2.07. The molecule has 0 fully saturated rings. The highest BCUT2D eigenvalue weighted by molar-refractivity contribution is 5.56. The molecule has 0 unspecified atom stereocenters. The maximum atomic E-state index is 5.89. The lowest BCUT2D eigenvalue weighted by Crippen LogP contribution is -1.96. The summed E-state index contributed by atoms with van der Waals surface area (Å²) in [4.78, 5) is 4.13. The summed E-state index contributed by atoms with van der Waals surface area (Å²) in [6, 6.07) is 7.43. The summed E-state index contributed by atoms with van der Waals surface area (Å²) in [6.07, 6.45) is 3.33. The molecule has 96 valence electrons. The van der Waals surface area contributed by atoms with Crippen LogP contribution in [0.15, 0.2) is 36.8 Å². The van der Waals surface area contributed by atoms with Gasteiger partial charge in [0.1, 0.15) is 17.8 Å². The minimum absolute atomic E-state index is 0.729. The molecule has 0 bridgehead atoms. The normalized spacial score (nSPS) is 10.8. The Bertz CT molecular complexity index is 748. The van der Waals surface area contributed by atoms with Crippen molar-refractivity contribution in [2.24, 2.45) is 0 Å². The van der Waals surface area contributed by atoms with E-state index in [2.05, 4.69) is 10.1 Å². The monoisotopic (exact) mass is 254 g/mol. The Morgan fingerprint density at radius 3 is 2.84 bits per heavy atom. The van der Waals surface area contributed by atoms with Crippen molar-refractivity contribution >= 4 is 11.3 Å². The number of hydrogen-bond donors (Lipinski definition) is 1. The third-order valence-corrected chi connectivity index (χ3v) is 3.26. The topological polar surface area (TPSA) is 65.4 Å². The zero-order valence-electron chi connectivity index (χ0n) is 10.8. The highest BCUT2D eigenvalue weighted by atomic mass is 16.5. The molecule has 0 atom stereocenters. The number of hydrogen-bond acceptors (Lipinski definition) is 4. The van der Waals surface area contributed by atoms with Crippen LogP contribution in [0.25, 0.3) is 5.65 Å². The molecular weight excluding hydrogens is 240 g/mol. The minimum Gasteiger partial charge on any atom is -0.457 e. The summed E-state index contributed by atoms with van der Waals surface area (Å²) in [5.74, 6) is 1.53. The van der Waals surface area contributed by atoms with Gasteiger partial charge in [-0.1, -0.05) is 0 Å². The van der Waals surface area contributed by atoms with Crippen LogP contribution in [0.1, 0.15) is 11.1 Å². The van der Waals surface area contributed by atoms with Gasteiger partial charge in [0.15, 0.2) is 5.65 Å². The molecule has 5 nitrogen and oxygen atoms in total. The first-order valence-electron chi connectivity index (χ1n) is 5.98. The summed E-state index contributed by atoms with van der Waals surface area (Å²) in [5.41, 5.74) is 9.48. The molecule has 2 aromatic heterocycles. The van der Waals surface area contributed by atoms with Crippen molar-refractivity contribution in [1.82, 2.24) is 14.6 Å². The Kier molecular flexibility index (Phi) is 2.59. The molecular formula is C14H14N4O. The average Bonchev–Trinajstić information content (AvgIpc) is 2.87. The van der Waals surface area contributed by atoms with Gasteiger partial charge < -0.3 is 10.5 Å². The van der Waals surface area contributed by atoms with E-state index < -0.39 is 0 Å². The number of nitrogens with two attached hydrogens (primary N) is 1. The molecule has 5 heteroatoms. The second kappa shape index (κ2) is 4.28. The summed E-state index contributed by atoms with van der Waals surface area (Å²) in [7, 11) is 0.